The fourth-order valence-electron chi connectivity index (χ4n) is 3.61. The van der Waals surface area contributed by atoms with Crippen LogP contribution in [0.1, 0.15) is 29.4 Å². The minimum Gasteiger partial charge on any atom is -0.389 e. The maximum atomic E-state index is 14.2. The molecule has 0 bridgehead atoms. The van der Waals surface area contributed by atoms with Crippen molar-refractivity contribution in [3.8, 4) is 10.6 Å². The van der Waals surface area contributed by atoms with Crippen molar-refractivity contribution in [3.63, 3.8) is 0 Å². The second kappa shape index (κ2) is 10.3. The Bertz CT molecular complexity index is 1350. The Kier molecular flexibility index (Phi) is 7.40. The van der Waals surface area contributed by atoms with Gasteiger partial charge in [0.25, 0.3) is 5.91 Å². The average Bonchev–Trinajstić information content (AvgIpc) is 3.39. The van der Waals surface area contributed by atoms with Crippen molar-refractivity contribution in [1.29, 1.82) is 0 Å². The Balaban J connectivity index is 1.46. The molecule has 3 aromatic rings. The first kappa shape index (κ1) is 27.4. The lowest BCUT2D eigenvalue weighted by atomic mass is 9.92. The summed E-state index contributed by atoms with van der Waals surface area (Å²) in [4.78, 5) is 28.1. The van der Waals surface area contributed by atoms with Gasteiger partial charge in [0.05, 0.1) is 30.7 Å². The molecule has 2 aromatic heterocycles. The van der Waals surface area contributed by atoms with Crippen molar-refractivity contribution < 1.29 is 41.0 Å². The summed E-state index contributed by atoms with van der Waals surface area (Å²) in [5.41, 5.74) is 4.71. The van der Waals surface area contributed by atoms with Crippen LogP contribution in [0.5, 0.6) is 0 Å². The molecule has 0 spiro atoms. The minimum absolute atomic E-state index is 0.0765. The third-order valence-electron chi connectivity index (χ3n) is 5.60. The number of carbonyl (C=O) groups excluding carboxylic acids is 2. The number of nitrogen functional groups attached to an aromatic ring is 1. The molecule has 1 fully saturated rings. The van der Waals surface area contributed by atoms with Gasteiger partial charge in [-0.25, -0.2) is 13.8 Å². The first-order chi connectivity index (χ1) is 17.8. The zero-order valence-electron chi connectivity index (χ0n) is 19.9. The molecular weight excluding hydrogens is 539 g/mol. The van der Waals surface area contributed by atoms with Crippen LogP contribution in [-0.2, 0) is 21.3 Å². The van der Waals surface area contributed by atoms with E-state index in [2.05, 4.69) is 15.4 Å². The number of hydrogen-bond donors (Lipinski definition) is 3. The average molecular weight is 561 g/mol. The number of thiazole rings is 1. The number of carbonyl (C=O) groups is 2. The minimum atomic E-state index is -5.01. The van der Waals surface area contributed by atoms with Crippen LogP contribution in [0.4, 0.5) is 32.6 Å². The Labute approximate surface area is 215 Å². The van der Waals surface area contributed by atoms with Gasteiger partial charge in [0.1, 0.15) is 27.3 Å². The van der Waals surface area contributed by atoms with E-state index in [9.17, 15) is 31.5 Å². The van der Waals surface area contributed by atoms with Crippen molar-refractivity contribution in [2.75, 3.05) is 30.8 Å². The number of aryl methyl sites for hydroxylation is 1. The van der Waals surface area contributed by atoms with Gasteiger partial charge in [-0.1, -0.05) is 24.3 Å². The number of anilines is 2. The highest BCUT2D eigenvalue weighted by atomic mass is 32.1. The van der Waals surface area contributed by atoms with Crippen LogP contribution >= 0.6 is 11.3 Å². The second-order valence-electron chi connectivity index (χ2n) is 8.79. The fraction of sp³-hybridized carbons (Fsp3) is 0.364. The van der Waals surface area contributed by atoms with Crippen molar-refractivity contribution >= 4 is 33.8 Å². The molecule has 10 nitrogen and oxygen atoms in total. The fourth-order valence-corrected chi connectivity index (χ4v) is 4.48. The lowest BCUT2D eigenvalue weighted by molar-refractivity contribution is -0.232. The maximum absolute atomic E-state index is 14.2. The number of rotatable bonds is 6. The highest BCUT2D eigenvalue weighted by molar-refractivity contribution is 7.19. The molecule has 1 saturated heterocycles. The largest absolute Gasteiger partial charge is 0.471 e. The van der Waals surface area contributed by atoms with Gasteiger partial charge in [-0.05, 0) is 12.1 Å². The van der Waals surface area contributed by atoms with Crippen LogP contribution in [0, 0.1) is 17.0 Å². The number of ether oxygens (including phenoxy) is 2. The number of aromatic nitrogens is 3. The number of nitrogens with one attached hydrogen (secondary N) is 2. The normalized spacial score (nSPS) is 19.8. The molecule has 1 aliphatic heterocycles. The van der Waals surface area contributed by atoms with Crippen LogP contribution in [0.25, 0.3) is 10.6 Å². The summed E-state index contributed by atoms with van der Waals surface area (Å²) in [6, 6.07) is 3.30. The molecule has 0 unspecified atom stereocenters. The molecular formula is C22H21F5N6O4S. The lowest BCUT2D eigenvalue weighted by Crippen LogP contribution is -2.48. The third-order valence-corrected chi connectivity index (χ3v) is 6.50. The quantitative estimate of drug-likeness (QED) is 0.394. The Morgan fingerprint density at radius 3 is 2.47 bits per heavy atom. The SMILES string of the molecule is Cn1ncc(NC(=O)c2nc(-c3c(F)cccc3F)sc2N)c1C1OCC(C)(CNC(=O)C(F)(F)F)CO1. The number of hydrogen-bond acceptors (Lipinski definition) is 8. The number of alkyl halides is 3. The molecule has 204 valence electrons. The summed E-state index contributed by atoms with van der Waals surface area (Å²) in [7, 11) is 1.55. The topological polar surface area (TPSA) is 133 Å². The molecule has 16 heteroatoms. The first-order valence-electron chi connectivity index (χ1n) is 10.9. The van der Waals surface area contributed by atoms with Gasteiger partial charge >= 0.3 is 12.1 Å². The molecule has 0 radical (unpaired) electrons. The summed E-state index contributed by atoms with van der Waals surface area (Å²) in [5.74, 6) is -4.58. The standard InChI is InChI=1S/C22H21F5N6O4S/c1-21(7-29-20(35)22(25,26)27)8-36-19(37-9-21)15-12(6-30-33(15)2)31-17(34)14-16(28)38-18(32-14)13-10(23)4-3-5-11(13)24/h3-6,19H,7-9,28H2,1-2H3,(H,29,35)(H,31,34). The lowest BCUT2D eigenvalue weighted by Gasteiger charge is -2.37. The van der Waals surface area contributed by atoms with Gasteiger partial charge in [-0.15, -0.1) is 0 Å². The van der Waals surface area contributed by atoms with E-state index in [1.807, 2.05) is 5.32 Å². The van der Waals surface area contributed by atoms with Crippen LogP contribution in [0.2, 0.25) is 0 Å². The summed E-state index contributed by atoms with van der Waals surface area (Å²) >= 11 is 0.735. The molecule has 38 heavy (non-hydrogen) atoms. The molecule has 0 atom stereocenters. The van der Waals surface area contributed by atoms with Gasteiger partial charge in [-0.3, -0.25) is 14.3 Å². The van der Waals surface area contributed by atoms with Crippen LogP contribution in [0.15, 0.2) is 24.4 Å². The Morgan fingerprint density at radius 1 is 1.24 bits per heavy atom. The van der Waals surface area contributed by atoms with Crippen molar-refractivity contribution in [1.82, 2.24) is 20.1 Å². The maximum Gasteiger partial charge on any atom is 0.471 e. The van der Waals surface area contributed by atoms with E-state index in [4.69, 9.17) is 15.2 Å². The number of benzene rings is 1. The summed E-state index contributed by atoms with van der Waals surface area (Å²) < 4.78 is 78.5. The van der Waals surface area contributed by atoms with Crippen molar-refractivity contribution in [2.45, 2.75) is 19.4 Å². The molecule has 1 aromatic carbocycles. The molecule has 0 saturated carbocycles. The van der Waals surface area contributed by atoms with E-state index in [-0.39, 0.29) is 46.8 Å². The summed E-state index contributed by atoms with van der Waals surface area (Å²) in [6.07, 6.45) is -4.76. The number of halogens is 5. The number of nitrogens with zero attached hydrogens (tertiary/aromatic N) is 3. The molecule has 4 rings (SSSR count). The monoisotopic (exact) mass is 560 g/mol. The van der Waals surface area contributed by atoms with Crippen LogP contribution < -0.4 is 16.4 Å². The summed E-state index contributed by atoms with van der Waals surface area (Å²) in [6.45, 7) is 1.07. The Morgan fingerprint density at radius 2 is 1.87 bits per heavy atom. The Hall–Kier alpha value is -3.63. The first-order valence-corrected chi connectivity index (χ1v) is 11.7. The summed E-state index contributed by atoms with van der Waals surface area (Å²) in [5, 5.41) is 8.26. The van der Waals surface area contributed by atoms with E-state index < -0.39 is 46.9 Å². The predicted molar refractivity (Wildman–Crippen MR) is 125 cm³/mol. The van der Waals surface area contributed by atoms with Crippen molar-refractivity contribution in [2.24, 2.45) is 12.5 Å². The molecule has 4 N–H and O–H groups in total. The highest BCUT2D eigenvalue weighted by Gasteiger charge is 2.41. The van der Waals surface area contributed by atoms with Gasteiger partial charge in [0, 0.05) is 19.0 Å². The van der Waals surface area contributed by atoms with E-state index in [0.29, 0.717) is 0 Å². The molecule has 1 aliphatic rings. The molecule has 3 heterocycles. The van der Waals surface area contributed by atoms with Crippen molar-refractivity contribution in [3.05, 3.63) is 47.4 Å². The van der Waals surface area contributed by atoms with E-state index >= 15 is 0 Å². The van der Waals surface area contributed by atoms with E-state index in [1.165, 1.54) is 16.9 Å². The number of nitrogens with two attached hydrogens (primary N) is 1. The zero-order valence-corrected chi connectivity index (χ0v) is 20.7. The van der Waals surface area contributed by atoms with Crippen LogP contribution in [0.3, 0.4) is 0 Å². The highest BCUT2D eigenvalue weighted by Crippen LogP contribution is 2.36. The predicted octanol–water partition coefficient (Wildman–Crippen LogP) is 3.39. The van der Waals surface area contributed by atoms with Gasteiger partial charge in [-0.2, -0.15) is 18.3 Å². The second-order valence-corrected chi connectivity index (χ2v) is 9.83. The zero-order chi connectivity index (χ0) is 27.8. The number of amides is 2. The van der Waals surface area contributed by atoms with Gasteiger partial charge < -0.3 is 25.8 Å². The van der Waals surface area contributed by atoms with E-state index in [0.717, 1.165) is 23.5 Å². The third kappa shape index (κ3) is 5.61. The molecule has 2 amide bonds. The van der Waals surface area contributed by atoms with Gasteiger partial charge in [0.2, 0.25) is 6.29 Å². The van der Waals surface area contributed by atoms with Gasteiger partial charge in [0.15, 0.2) is 5.69 Å². The molecule has 0 aliphatic carbocycles. The smallest absolute Gasteiger partial charge is 0.389 e. The van der Waals surface area contributed by atoms with Crippen LogP contribution in [-0.4, -0.2) is 52.5 Å². The van der Waals surface area contributed by atoms with E-state index in [1.54, 1.807) is 14.0 Å².